The zero-order valence-electron chi connectivity index (χ0n) is 8.22. The molecule has 2 atom stereocenters. The average molecular weight is 231 g/mol. The van der Waals surface area contributed by atoms with E-state index in [2.05, 4.69) is 0 Å². The molecule has 1 N–H and O–H groups in total. The monoisotopic (exact) mass is 231 g/mol. The van der Waals surface area contributed by atoms with Gasteiger partial charge in [0, 0.05) is 11.8 Å². The minimum Gasteiger partial charge on any atom is -0.480 e. The highest BCUT2D eigenvalue weighted by Crippen LogP contribution is 2.25. The van der Waals surface area contributed by atoms with Gasteiger partial charge in [0.15, 0.2) is 6.04 Å². The van der Waals surface area contributed by atoms with Crippen molar-refractivity contribution in [3.8, 4) is 0 Å². The number of hydrogen-bond donors (Lipinski definition) is 1. The van der Waals surface area contributed by atoms with Gasteiger partial charge < -0.3 is 14.7 Å². The minimum absolute atomic E-state index is 0.0188. The normalized spacial score (nSPS) is 32.0. The summed E-state index contributed by atoms with van der Waals surface area (Å²) in [6.07, 6.45) is 0.889. The molecule has 1 amide bonds. The molecule has 2 unspecified atom stereocenters. The highest BCUT2D eigenvalue weighted by atomic mass is 32.2. The van der Waals surface area contributed by atoms with Crippen molar-refractivity contribution in [1.29, 1.82) is 0 Å². The highest BCUT2D eigenvalue weighted by Gasteiger charge is 2.39. The van der Waals surface area contributed by atoms with E-state index < -0.39 is 12.0 Å². The topological polar surface area (TPSA) is 66.8 Å². The molecule has 2 aliphatic rings. The molecule has 84 valence electrons. The summed E-state index contributed by atoms with van der Waals surface area (Å²) in [6.45, 7) is 0.132. The van der Waals surface area contributed by atoms with E-state index in [9.17, 15) is 9.59 Å². The number of thioether (sulfide) groups is 1. The number of aliphatic carboxylic acids is 1. The van der Waals surface area contributed by atoms with Crippen molar-refractivity contribution in [2.45, 2.75) is 18.5 Å². The molecule has 0 radical (unpaired) electrons. The van der Waals surface area contributed by atoms with E-state index in [1.54, 1.807) is 11.8 Å². The predicted octanol–water partition coefficient (Wildman–Crippen LogP) is -0.196. The van der Waals surface area contributed by atoms with Gasteiger partial charge in [0.1, 0.15) is 6.61 Å². The first-order valence-electron chi connectivity index (χ1n) is 4.89. The second-order valence-corrected chi connectivity index (χ2v) is 4.84. The fraction of sp³-hybridized carbons (Fsp3) is 0.778. The Labute approximate surface area is 91.8 Å². The van der Waals surface area contributed by atoms with Crippen molar-refractivity contribution in [1.82, 2.24) is 4.90 Å². The lowest BCUT2D eigenvalue weighted by Gasteiger charge is -2.36. The van der Waals surface area contributed by atoms with E-state index in [-0.39, 0.29) is 25.2 Å². The number of carboxylic acid groups (broad SMARTS) is 1. The van der Waals surface area contributed by atoms with Gasteiger partial charge >= 0.3 is 5.97 Å². The SMILES string of the molecule is O=C(O)C1COCC(=O)N1C1CCSC1. The molecule has 2 heterocycles. The zero-order chi connectivity index (χ0) is 10.8. The van der Waals surface area contributed by atoms with Crippen LogP contribution < -0.4 is 0 Å². The molecular weight excluding hydrogens is 218 g/mol. The molecule has 0 saturated carbocycles. The first kappa shape index (κ1) is 10.8. The number of carbonyl (C=O) groups excluding carboxylic acids is 1. The van der Waals surface area contributed by atoms with Crippen LogP contribution >= 0.6 is 11.8 Å². The standard InChI is InChI=1S/C9H13NO4S/c11-8-4-14-3-7(9(12)13)10(8)6-1-2-15-5-6/h6-7H,1-5H2,(H,12,13). The van der Waals surface area contributed by atoms with Gasteiger partial charge in [0.25, 0.3) is 0 Å². The maximum Gasteiger partial charge on any atom is 0.328 e. The molecule has 6 heteroatoms. The molecule has 0 aliphatic carbocycles. The van der Waals surface area contributed by atoms with Gasteiger partial charge in [-0.05, 0) is 12.2 Å². The number of carbonyl (C=O) groups is 2. The third kappa shape index (κ3) is 2.10. The minimum atomic E-state index is -0.972. The van der Waals surface area contributed by atoms with Crippen LogP contribution in [0.4, 0.5) is 0 Å². The molecule has 2 aliphatic heterocycles. The summed E-state index contributed by atoms with van der Waals surface area (Å²) >= 11 is 1.76. The summed E-state index contributed by atoms with van der Waals surface area (Å²) in [4.78, 5) is 24.1. The first-order chi connectivity index (χ1) is 7.20. The van der Waals surface area contributed by atoms with Crippen molar-refractivity contribution in [3.05, 3.63) is 0 Å². The number of ether oxygens (including phenoxy) is 1. The lowest BCUT2D eigenvalue weighted by Crippen LogP contribution is -2.57. The van der Waals surface area contributed by atoms with Gasteiger partial charge in [-0.2, -0.15) is 11.8 Å². The molecule has 15 heavy (non-hydrogen) atoms. The van der Waals surface area contributed by atoms with Crippen molar-refractivity contribution in [3.63, 3.8) is 0 Å². The van der Waals surface area contributed by atoms with Gasteiger partial charge in [-0.3, -0.25) is 4.79 Å². The zero-order valence-corrected chi connectivity index (χ0v) is 9.03. The Bertz CT molecular complexity index is 277. The third-order valence-corrected chi connectivity index (χ3v) is 3.85. The van der Waals surface area contributed by atoms with Gasteiger partial charge in [-0.1, -0.05) is 0 Å². The molecule has 0 spiro atoms. The molecule has 2 rings (SSSR count). The van der Waals surface area contributed by atoms with Crippen LogP contribution in [-0.4, -0.2) is 58.7 Å². The van der Waals surface area contributed by atoms with Gasteiger partial charge in [0.05, 0.1) is 6.61 Å². The second kappa shape index (κ2) is 4.40. The Morgan fingerprint density at radius 2 is 2.40 bits per heavy atom. The summed E-state index contributed by atoms with van der Waals surface area (Å²) in [5.74, 6) is 0.679. The molecule has 0 aromatic carbocycles. The maximum atomic E-state index is 11.6. The van der Waals surface area contributed by atoms with Crippen LogP contribution in [0.15, 0.2) is 0 Å². The smallest absolute Gasteiger partial charge is 0.328 e. The van der Waals surface area contributed by atoms with Crippen LogP contribution in [0.2, 0.25) is 0 Å². The lowest BCUT2D eigenvalue weighted by molar-refractivity contribution is -0.165. The van der Waals surface area contributed by atoms with Crippen LogP contribution in [0.5, 0.6) is 0 Å². The van der Waals surface area contributed by atoms with Crippen LogP contribution in [0, 0.1) is 0 Å². The van der Waals surface area contributed by atoms with E-state index in [1.807, 2.05) is 0 Å². The van der Waals surface area contributed by atoms with E-state index in [0.29, 0.717) is 0 Å². The first-order valence-corrected chi connectivity index (χ1v) is 6.05. The summed E-state index contributed by atoms with van der Waals surface area (Å²) in [7, 11) is 0. The Balaban J connectivity index is 2.14. The van der Waals surface area contributed by atoms with E-state index >= 15 is 0 Å². The van der Waals surface area contributed by atoms with Gasteiger partial charge in [0.2, 0.25) is 5.91 Å². The Morgan fingerprint density at radius 1 is 1.60 bits per heavy atom. The summed E-state index contributed by atoms with van der Waals surface area (Å²) in [6, 6.07) is -0.720. The van der Waals surface area contributed by atoms with Crippen LogP contribution in [0.3, 0.4) is 0 Å². The molecule has 2 fully saturated rings. The Hall–Kier alpha value is -0.750. The number of nitrogens with zero attached hydrogens (tertiary/aromatic N) is 1. The summed E-state index contributed by atoms with van der Waals surface area (Å²) in [5, 5.41) is 9.01. The number of morpholine rings is 1. The van der Waals surface area contributed by atoms with Crippen LogP contribution in [-0.2, 0) is 14.3 Å². The van der Waals surface area contributed by atoms with E-state index in [1.165, 1.54) is 4.90 Å². The molecule has 0 aromatic rings. The lowest BCUT2D eigenvalue weighted by atomic mass is 10.1. The highest BCUT2D eigenvalue weighted by molar-refractivity contribution is 7.99. The van der Waals surface area contributed by atoms with Crippen LogP contribution in [0.25, 0.3) is 0 Å². The molecule has 0 bridgehead atoms. The quantitative estimate of drug-likeness (QED) is 0.713. The van der Waals surface area contributed by atoms with Crippen molar-refractivity contribution in [2.24, 2.45) is 0 Å². The van der Waals surface area contributed by atoms with Gasteiger partial charge in [-0.25, -0.2) is 4.79 Å². The Morgan fingerprint density at radius 3 is 3.00 bits per heavy atom. The third-order valence-electron chi connectivity index (χ3n) is 2.71. The number of carboxylic acids is 1. The number of hydrogen-bond acceptors (Lipinski definition) is 4. The van der Waals surface area contributed by atoms with Crippen molar-refractivity contribution in [2.75, 3.05) is 24.7 Å². The van der Waals surface area contributed by atoms with E-state index in [0.717, 1.165) is 17.9 Å². The van der Waals surface area contributed by atoms with Crippen molar-refractivity contribution >= 4 is 23.6 Å². The largest absolute Gasteiger partial charge is 0.480 e. The molecule has 5 nitrogen and oxygen atoms in total. The van der Waals surface area contributed by atoms with E-state index in [4.69, 9.17) is 9.84 Å². The van der Waals surface area contributed by atoms with Crippen LogP contribution in [0.1, 0.15) is 6.42 Å². The van der Waals surface area contributed by atoms with Gasteiger partial charge in [-0.15, -0.1) is 0 Å². The maximum absolute atomic E-state index is 11.6. The average Bonchev–Trinajstić information content (AvgIpc) is 2.70. The molecule has 2 saturated heterocycles. The van der Waals surface area contributed by atoms with Crippen molar-refractivity contribution < 1.29 is 19.4 Å². The fourth-order valence-corrected chi connectivity index (χ4v) is 3.18. The summed E-state index contributed by atoms with van der Waals surface area (Å²) in [5.41, 5.74) is 0. The number of rotatable bonds is 2. The summed E-state index contributed by atoms with van der Waals surface area (Å²) < 4.78 is 4.97. The number of amides is 1. The second-order valence-electron chi connectivity index (χ2n) is 3.69. The molecule has 0 aromatic heterocycles. The Kier molecular flexibility index (Phi) is 3.16. The molecular formula is C9H13NO4S. The fourth-order valence-electron chi connectivity index (χ4n) is 1.98. The predicted molar refractivity (Wildman–Crippen MR) is 54.8 cm³/mol.